The molecule has 0 amide bonds. The zero-order valence-corrected chi connectivity index (χ0v) is 6.80. The molecule has 0 N–H and O–H groups in total. The van der Waals surface area contributed by atoms with Crippen molar-refractivity contribution in [3.05, 3.63) is 0 Å². The summed E-state index contributed by atoms with van der Waals surface area (Å²) in [6, 6.07) is 0. The van der Waals surface area contributed by atoms with Gasteiger partial charge in [0.1, 0.15) is 6.29 Å². The Morgan fingerprint density at radius 2 is 2.00 bits per heavy atom. The number of carbonyl (C=O) groups is 1. The van der Waals surface area contributed by atoms with Crippen molar-refractivity contribution in [1.82, 2.24) is 3.93 Å². The van der Waals surface area contributed by atoms with Crippen LogP contribution in [0.2, 0.25) is 0 Å². The van der Waals surface area contributed by atoms with Crippen molar-refractivity contribution >= 4 is 22.4 Å². The quantitative estimate of drug-likeness (QED) is 0.459. The van der Waals surface area contributed by atoms with Crippen molar-refractivity contribution in [2.45, 2.75) is 12.8 Å². The van der Waals surface area contributed by atoms with E-state index in [1.54, 1.807) is 0 Å². The van der Waals surface area contributed by atoms with E-state index in [1.165, 1.54) is 0 Å². The average molecular weight is 192 g/mol. The van der Waals surface area contributed by atoms with Crippen LogP contribution in [0.15, 0.2) is 0 Å². The number of hydrogen-bond donors (Lipinski definition) is 0. The second kappa shape index (κ2) is 3.32. The van der Waals surface area contributed by atoms with Crippen molar-refractivity contribution in [1.29, 1.82) is 0 Å². The molecule has 0 aromatic carbocycles. The molecule has 0 bridgehead atoms. The summed E-state index contributed by atoms with van der Waals surface area (Å²) in [5.74, 6) is 0.318. The van der Waals surface area contributed by atoms with Gasteiger partial charge in [-0.3, -0.25) is 0 Å². The molecule has 0 aromatic rings. The van der Waals surface area contributed by atoms with Gasteiger partial charge in [0.15, 0.2) is 0 Å². The summed E-state index contributed by atoms with van der Waals surface area (Å²) in [7, 11) is 0. The first kappa shape index (κ1) is 7.22. The van der Waals surface area contributed by atoms with Crippen LogP contribution < -0.4 is 0 Å². The molecule has 9 heavy (non-hydrogen) atoms. The van der Waals surface area contributed by atoms with E-state index in [1.807, 2.05) is 0 Å². The Balaban J connectivity index is 2.26. The van der Waals surface area contributed by atoms with Crippen molar-refractivity contribution in [3.63, 3.8) is 0 Å². The van der Waals surface area contributed by atoms with Crippen LogP contribution >= 0.6 is 16.1 Å². The number of nitrogens with zero attached hydrogens (tertiary/aromatic N) is 1. The van der Waals surface area contributed by atoms with E-state index >= 15 is 0 Å². The standard InChI is InChI=1S/C6H10BrNO/c7-8-3-1-6(5-9)2-4-8/h5-6H,1-4H2. The second-order valence-corrected chi connectivity index (χ2v) is 3.39. The van der Waals surface area contributed by atoms with Crippen LogP contribution in [0, 0.1) is 5.92 Å². The fourth-order valence-corrected chi connectivity index (χ4v) is 1.41. The maximum atomic E-state index is 10.2. The van der Waals surface area contributed by atoms with Gasteiger partial charge in [-0.05, 0) is 12.8 Å². The monoisotopic (exact) mass is 191 g/mol. The lowest BCUT2D eigenvalue weighted by atomic mass is 10.0. The van der Waals surface area contributed by atoms with Crippen LogP contribution in [0.5, 0.6) is 0 Å². The van der Waals surface area contributed by atoms with Gasteiger partial charge in [0, 0.05) is 35.2 Å². The second-order valence-electron chi connectivity index (χ2n) is 2.38. The summed E-state index contributed by atoms with van der Waals surface area (Å²) in [4.78, 5) is 10.2. The third-order valence-electron chi connectivity index (χ3n) is 1.68. The van der Waals surface area contributed by atoms with E-state index in [4.69, 9.17) is 0 Å². The molecular weight excluding hydrogens is 182 g/mol. The Labute approximate surface area is 63.6 Å². The average Bonchev–Trinajstić information content (AvgIpc) is 1.90. The molecule has 52 valence electrons. The largest absolute Gasteiger partial charge is 0.303 e. The van der Waals surface area contributed by atoms with Gasteiger partial charge in [-0.25, -0.2) is 3.93 Å². The molecule has 3 heteroatoms. The zero-order valence-electron chi connectivity index (χ0n) is 5.22. The molecule has 1 fully saturated rings. The lowest BCUT2D eigenvalue weighted by molar-refractivity contribution is -0.111. The van der Waals surface area contributed by atoms with E-state index in [9.17, 15) is 4.79 Å². The highest BCUT2D eigenvalue weighted by atomic mass is 79.9. The van der Waals surface area contributed by atoms with E-state index in [2.05, 4.69) is 20.1 Å². The van der Waals surface area contributed by atoms with Gasteiger partial charge in [-0.15, -0.1) is 0 Å². The molecule has 1 rings (SSSR count). The van der Waals surface area contributed by atoms with Gasteiger partial charge in [0.2, 0.25) is 0 Å². The number of halogens is 1. The third kappa shape index (κ3) is 2.06. The Morgan fingerprint density at radius 3 is 2.44 bits per heavy atom. The van der Waals surface area contributed by atoms with Crippen molar-refractivity contribution in [2.24, 2.45) is 5.92 Å². The van der Waals surface area contributed by atoms with Crippen LogP contribution in [0.25, 0.3) is 0 Å². The molecule has 1 aliphatic heterocycles. The Kier molecular flexibility index (Phi) is 2.66. The minimum atomic E-state index is 0.318. The van der Waals surface area contributed by atoms with Crippen LogP contribution in [0.1, 0.15) is 12.8 Å². The molecule has 1 saturated heterocycles. The lowest BCUT2D eigenvalue weighted by Gasteiger charge is -2.23. The topological polar surface area (TPSA) is 20.3 Å². The van der Waals surface area contributed by atoms with E-state index in [0.717, 1.165) is 32.2 Å². The number of carbonyl (C=O) groups excluding carboxylic acids is 1. The number of rotatable bonds is 1. The molecule has 0 aromatic heterocycles. The van der Waals surface area contributed by atoms with Crippen molar-refractivity contribution < 1.29 is 4.79 Å². The Hall–Kier alpha value is 0.110. The first-order valence-electron chi connectivity index (χ1n) is 3.19. The van der Waals surface area contributed by atoms with Gasteiger partial charge < -0.3 is 4.79 Å². The molecule has 0 aliphatic carbocycles. The number of aldehydes is 1. The van der Waals surface area contributed by atoms with E-state index in [0.29, 0.717) is 5.92 Å². The molecule has 0 saturated carbocycles. The number of piperidine rings is 1. The highest BCUT2D eigenvalue weighted by molar-refractivity contribution is 9.07. The molecule has 0 atom stereocenters. The smallest absolute Gasteiger partial charge is 0.123 e. The predicted molar refractivity (Wildman–Crippen MR) is 39.3 cm³/mol. The summed E-state index contributed by atoms with van der Waals surface area (Å²) in [5.41, 5.74) is 0. The molecular formula is C6H10BrNO. The molecule has 1 heterocycles. The maximum absolute atomic E-state index is 10.2. The fraction of sp³-hybridized carbons (Fsp3) is 0.833. The summed E-state index contributed by atoms with van der Waals surface area (Å²) in [5, 5.41) is 0. The van der Waals surface area contributed by atoms with Crippen LogP contribution in [-0.2, 0) is 4.79 Å². The van der Waals surface area contributed by atoms with Gasteiger partial charge in [0.25, 0.3) is 0 Å². The predicted octanol–water partition coefficient (Wildman–Crippen LogP) is 1.21. The molecule has 1 aliphatic rings. The SMILES string of the molecule is O=CC1CCN(Br)CC1. The van der Waals surface area contributed by atoms with Gasteiger partial charge in [-0.1, -0.05) is 0 Å². The molecule has 0 spiro atoms. The van der Waals surface area contributed by atoms with Gasteiger partial charge >= 0.3 is 0 Å². The minimum absolute atomic E-state index is 0.318. The maximum Gasteiger partial charge on any atom is 0.123 e. The summed E-state index contributed by atoms with van der Waals surface area (Å²) >= 11 is 3.36. The van der Waals surface area contributed by atoms with Crippen LogP contribution in [0.4, 0.5) is 0 Å². The first-order chi connectivity index (χ1) is 4.33. The van der Waals surface area contributed by atoms with Crippen LogP contribution in [-0.4, -0.2) is 23.3 Å². The summed E-state index contributed by atoms with van der Waals surface area (Å²) in [6.45, 7) is 2.01. The summed E-state index contributed by atoms with van der Waals surface area (Å²) in [6.07, 6.45) is 3.09. The lowest BCUT2D eigenvalue weighted by Crippen LogP contribution is -2.26. The molecule has 0 unspecified atom stereocenters. The van der Waals surface area contributed by atoms with Gasteiger partial charge in [0.05, 0.1) is 0 Å². The first-order valence-corrected chi connectivity index (χ1v) is 3.90. The van der Waals surface area contributed by atoms with Crippen molar-refractivity contribution in [3.8, 4) is 0 Å². The minimum Gasteiger partial charge on any atom is -0.303 e. The Morgan fingerprint density at radius 1 is 1.44 bits per heavy atom. The summed E-state index contributed by atoms with van der Waals surface area (Å²) < 4.78 is 2.08. The zero-order chi connectivity index (χ0) is 6.69. The molecule has 2 nitrogen and oxygen atoms in total. The highest BCUT2D eigenvalue weighted by Gasteiger charge is 2.15. The molecule has 0 radical (unpaired) electrons. The van der Waals surface area contributed by atoms with Crippen LogP contribution in [0.3, 0.4) is 0 Å². The van der Waals surface area contributed by atoms with E-state index in [-0.39, 0.29) is 0 Å². The fourth-order valence-electron chi connectivity index (χ4n) is 1.00. The number of hydrogen-bond acceptors (Lipinski definition) is 2. The highest BCUT2D eigenvalue weighted by Crippen LogP contribution is 2.16. The van der Waals surface area contributed by atoms with Gasteiger partial charge in [-0.2, -0.15) is 0 Å². The third-order valence-corrected chi connectivity index (χ3v) is 2.39. The van der Waals surface area contributed by atoms with Crippen molar-refractivity contribution in [2.75, 3.05) is 13.1 Å². The normalized spacial score (nSPS) is 24.1. The van der Waals surface area contributed by atoms with E-state index < -0.39 is 0 Å². The Bertz CT molecular complexity index is 99.2.